The summed E-state index contributed by atoms with van der Waals surface area (Å²) >= 11 is 5.34. The van der Waals surface area contributed by atoms with Crippen LogP contribution in [0.15, 0.2) is 46.9 Å². The lowest BCUT2D eigenvalue weighted by Crippen LogP contribution is -2.19. The van der Waals surface area contributed by atoms with E-state index < -0.39 is 0 Å². The van der Waals surface area contributed by atoms with Crippen molar-refractivity contribution >= 4 is 33.3 Å². The number of thiophene rings is 1. The Morgan fingerprint density at radius 2 is 2.10 bits per heavy atom. The third-order valence-electron chi connectivity index (χ3n) is 2.83. The van der Waals surface area contributed by atoms with Crippen molar-refractivity contribution < 1.29 is 0 Å². The van der Waals surface area contributed by atoms with Gasteiger partial charge in [0.1, 0.15) is 0 Å². The molecule has 3 heteroatoms. The molecule has 0 radical (unpaired) electrons. The zero-order valence-electron chi connectivity index (χ0n) is 11.9. The predicted molar refractivity (Wildman–Crippen MR) is 94.2 cm³/mol. The van der Waals surface area contributed by atoms with Gasteiger partial charge >= 0.3 is 0 Å². The number of halogens is 1. The third-order valence-corrected chi connectivity index (χ3v) is 4.43. The summed E-state index contributed by atoms with van der Waals surface area (Å²) in [7, 11) is 0. The van der Waals surface area contributed by atoms with Crippen LogP contribution in [0.2, 0.25) is 0 Å². The van der Waals surface area contributed by atoms with Crippen molar-refractivity contribution in [3.05, 3.63) is 51.8 Å². The van der Waals surface area contributed by atoms with E-state index in [1.807, 2.05) is 11.3 Å². The molecular weight excluding hydrogens is 330 g/mol. The van der Waals surface area contributed by atoms with Crippen molar-refractivity contribution in [2.45, 2.75) is 13.8 Å². The highest BCUT2D eigenvalue weighted by atomic mass is 79.9. The van der Waals surface area contributed by atoms with Gasteiger partial charge in [0.05, 0.1) is 0 Å². The van der Waals surface area contributed by atoms with E-state index >= 15 is 0 Å². The van der Waals surface area contributed by atoms with Gasteiger partial charge in [0.25, 0.3) is 0 Å². The highest BCUT2D eigenvalue weighted by molar-refractivity contribution is 9.10. The van der Waals surface area contributed by atoms with E-state index in [0.29, 0.717) is 5.92 Å². The predicted octanol–water partition coefficient (Wildman–Crippen LogP) is 5.44. The summed E-state index contributed by atoms with van der Waals surface area (Å²) in [6, 6.07) is 12.8. The zero-order valence-corrected chi connectivity index (χ0v) is 14.3. The molecule has 0 atom stereocenters. The molecule has 106 valence electrons. The smallest absolute Gasteiger partial charge is 0.0349 e. The molecule has 0 unspecified atom stereocenters. The molecular formula is C17H20BrNS. The molecule has 0 aliphatic rings. The van der Waals surface area contributed by atoms with Crippen molar-refractivity contribution in [2.24, 2.45) is 5.92 Å². The first kappa shape index (κ1) is 15.5. The van der Waals surface area contributed by atoms with Gasteiger partial charge in [-0.2, -0.15) is 0 Å². The summed E-state index contributed by atoms with van der Waals surface area (Å²) in [5.41, 5.74) is 1.27. The molecule has 0 saturated heterocycles. The number of hydrogen-bond donors (Lipinski definition) is 1. The van der Waals surface area contributed by atoms with Crippen LogP contribution in [0.25, 0.3) is 16.5 Å². The van der Waals surface area contributed by atoms with E-state index in [-0.39, 0.29) is 0 Å². The molecule has 1 heterocycles. The van der Waals surface area contributed by atoms with Gasteiger partial charge in [-0.1, -0.05) is 48.0 Å². The summed E-state index contributed by atoms with van der Waals surface area (Å²) < 4.78 is 1.12. The lowest BCUT2D eigenvalue weighted by molar-refractivity contribution is 0.577. The van der Waals surface area contributed by atoms with Crippen LogP contribution in [0.3, 0.4) is 0 Å². The summed E-state index contributed by atoms with van der Waals surface area (Å²) in [5.74, 6) is 0.702. The SMILES string of the molecule is CC(C)CNCC=Cc1ccc(-c2cccc(Br)c2)s1. The fraction of sp³-hybridized carbons (Fsp3) is 0.294. The monoisotopic (exact) mass is 349 g/mol. The molecule has 1 aromatic carbocycles. The standard InChI is InChI=1S/C17H20BrNS/c1-13(2)12-19-10-4-7-16-8-9-17(20-16)14-5-3-6-15(18)11-14/h3-9,11,13,19H,10,12H2,1-2H3. The summed E-state index contributed by atoms with van der Waals surface area (Å²) in [6.07, 6.45) is 4.39. The topological polar surface area (TPSA) is 12.0 Å². The number of nitrogens with one attached hydrogen (secondary N) is 1. The summed E-state index contributed by atoms with van der Waals surface area (Å²) in [5, 5.41) is 3.41. The Balaban J connectivity index is 1.94. The third kappa shape index (κ3) is 4.89. The Bertz CT molecular complexity index is 572. The van der Waals surface area contributed by atoms with Crippen LogP contribution < -0.4 is 5.32 Å². The van der Waals surface area contributed by atoms with Crippen molar-refractivity contribution in [2.75, 3.05) is 13.1 Å². The average Bonchev–Trinajstić information content (AvgIpc) is 2.87. The van der Waals surface area contributed by atoms with Crippen LogP contribution in [0.1, 0.15) is 18.7 Å². The Labute approximate surface area is 133 Å². The molecule has 1 N–H and O–H groups in total. The fourth-order valence-electron chi connectivity index (χ4n) is 1.87. The Kier molecular flexibility index (Phi) is 6.02. The molecule has 0 spiro atoms. The molecule has 0 bridgehead atoms. The van der Waals surface area contributed by atoms with E-state index in [9.17, 15) is 0 Å². The van der Waals surface area contributed by atoms with Crippen LogP contribution in [-0.2, 0) is 0 Å². The van der Waals surface area contributed by atoms with Crippen molar-refractivity contribution in [3.8, 4) is 10.4 Å². The first-order valence-corrected chi connectivity index (χ1v) is 8.49. The second-order valence-electron chi connectivity index (χ2n) is 5.17. The van der Waals surface area contributed by atoms with Gasteiger partial charge in [0.2, 0.25) is 0 Å². The van der Waals surface area contributed by atoms with Gasteiger partial charge in [-0.3, -0.25) is 0 Å². The normalized spacial score (nSPS) is 11.6. The molecule has 0 amide bonds. The molecule has 0 saturated carbocycles. The minimum atomic E-state index is 0.702. The van der Waals surface area contributed by atoms with Crippen LogP contribution in [0.4, 0.5) is 0 Å². The van der Waals surface area contributed by atoms with E-state index in [0.717, 1.165) is 17.6 Å². The molecule has 2 rings (SSSR count). The molecule has 0 fully saturated rings. The lowest BCUT2D eigenvalue weighted by Gasteiger charge is -2.03. The number of hydrogen-bond acceptors (Lipinski definition) is 2. The van der Waals surface area contributed by atoms with Crippen LogP contribution >= 0.6 is 27.3 Å². The summed E-state index contributed by atoms with van der Waals surface area (Å²) in [4.78, 5) is 2.60. The van der Waals surface area contributed by atoms with Crippen molar-refractivity contribution in [1.82, 2.24) is 5.32 Å². The van der Waals surface area contributed by atoms with Crippen molar-refractivity contribution in [1.29, 1.82) is 0 Å². The van der Waals surface area contributed by atoms with E-state index in [1.54, 1.807) is 0 Å². The Hall–Kier alpha value is -0.900. The second-order valence-corrected chi connectivity index (χ2v) is 7.20. The quantitative estimate of drug-likeness (QED) is 0.685. The first-order chi connectivity index (χ1) is 9.65. The van der Waals surface area contributed by atoms with Gasteiger partial charge in [0, 0.05) is 20.8 Å². The van der Waals surface area contributed by atoms with Crippen LogP contribution in [0.5, 0.6) is 0 Å². The van der Waals surface area contributed by atoms with E-state index in [1.165, 1.54) is 15.3 Å². The van der Waals surface area contributed by atoms with Crippen LogP contribution in [-0.4, -0.2) is 13.1 Å². The van der Waals surface area contributed by atoms with Gasteiger partial charge < -0.3 is 5.32 Å². The van der Waals surface area contributed by atoms with E-state index in [4.69, 9.17) is 0 Å². The fourth-order valence-corrected chi connectivity index (χ4v) is 3.20. The maximum absolute atomic E-state index is 3.52. The number of rotatable bonds is 6. The van der Waals surface area contributed by atoms with Gasteiger partial charge in [-0.25, -0.2) is 0 Å². The largest absolute Gasteiger partial charge is 0.313 e. The molecule has 2 aromatic rings. The van der Waals surface area contributed by atoms with Gasteiger partial charge in [0.15, 0.2) is 0 Å². The van der Waals surface area contributed by atoms with Gasteiger partial charge in [-0.15, -0.1) is 11.3 Å². The minimum absolute atomic E-state index is 0.702. The molecule has 1 nitrogen and oxygen atoms in total. The van der Waals surface area contributed by atoms with Gasteiger partial charge in [-0.05, 0) is 48.4 Å². The number of benzene rings is 1. The first-order valence-electron chi connectivity index (χ1n) is 6.88. The van der Waals surface area contributed by atoms with Crippen LogP contribution in [0, 0.1) is 5.92 Å². The molecule has 0 aliphatic carbocycles. The Morgan fingerprint density at radius 1 is 1.25 bits per heavy atom. The Morgan fingerprint density at radius 3 is 2.85 bits per heavy atom. The highest BCUT2D eigenvalue weighted by Crippen LogP contribution is 2.30. The summed E-state index contributed by atoms with van der Waals surface area (Å²) in [6.45, 7) is 6.45. The zero-order chi connectivity index (χ0) is 14.4. The molecule has 0 aliphatic heterocycles. The molecule has 20 heavy (non-hydrogen) atoms. The highest BCUT2D eigenvalue weighted by Gasteiger charge is 2.01. The maximum Gasteiger partial charge on any atom is 0.0349 e. The minimum Gasteiger partial charge on any atom is -0.313 e. The van der Waals surface area contributed by atoms with Crippen molar-refractivity contribution in [3.63, 3.8) is 0 Å². The maximum atomic E-state index is 3.52. The second kappa shape index (κ2) is 7.77. The van der Waals surface area contributed by atoms with E-state index in [2.05, 4.69) is 83.6 Å². The average molecular weight is 350 g/mol. The molecule has 1 aromatic heterocycles. The lowest BCUT2D eigenvalue weighted by atomic mass is 10.2.